The van der Waals surface area contributed by atoms with Crippen molar-refractivity contribution < 1.29 is 9.59 Å². The van der Waals surface area contributed by atoms with Gasteiger partial charge in [0.05, 0.1) is 5.69 Å². The molecule has 6 heteroatoms. The highest BCUT2D eigenvalue weighted by atomic mass is 32.1. The first-order valence-electron chi connectivity index (χ1n) is 7.31. The van der Waals surface area contributed by atoms with Gasteiger partial charge in [-0.1, -0.05) is 0 Å². The monoisotopic (exact) mass is 309 g/mol. The second-order valence-corrected chi connectivity index (χ2v) is 6.71. The van der Waals surface area contributed by atoms with Crippen LogP contribution in [0.1, 0.15) is 35.4 Å². The average molecular weight is 309 g/mol. The maximum Gasteiger partial charge on any atom is 0.266 e. The molecule has 0 saturated carbocycles. The van der Waals surface area contributed by atoms with Crippen molar-refractivity contribution >= 4 is 28.8 Å². The molecule has 2 amide bonds. The van der Waals surface area contributed by atoms with Gasteiger partial charge in [-0.15, -0.1) is 11.3 Å². The molecular formula is C15H23N3O2S. The molecule has 1 fully saturated rings. The number of nitrogen functional groups attached to an aromatic ring is 1. The van der Waals surface area contributed by atoms with Crippen LogP contribution in [0.4, 0.5) is 5.69 Å². The molecule has 2 N–H and O–H groups in total. The van der Waals surface area contributed by atoms with E-state index >= 15 is 0 Å². The summed E-state index contributed by atoms with van der Waals surface area (Å²) in [5.74, 6) is 0.597. The maximum atomic E-state index is 12.5. The van der Waals surface area contributed by atoms with Crippen LogP contribution >= 0.6 is 11.3 Å². The van der Waals surface area contributed by atoms with Gasteiger partial charge in [-0.25, -0.2) is 0 Å². The summed E-state index contributed by atoms with van der Waals surface area (Å²) in [6.07, 6.45) is 3.49. The number of carbonyl (C=O) groups is 2. The minimum absolute atomic E-state index is 0.0335. The molecule has 1 aliphatic heterocycles. The predicted molar refractivity (Wildman–Crippen MR) is 85.3 cm³/mol. The van der Waals surface area contributed by atoms with E-state index in [1.54, 1.807) is 25.1 Å². The van der Waals surface area contributed by atoms with Crippen molar-refractivity contribution in [1.29, 1.82) is 0 Å². The molecule has 1 aliphatic rings. The number of rotatable bonds is 4. The topological polar surface area (TPSA) is 66.6 Å². The van der Waals surface area contributed by atoms with E-state index in [1.165, 1.54) is 11.3 Å². The molecule has 5 nitrogen and oxygen atoms in total. The Kier molecular flexibility index (Phi) is 5.22. The van der Waals surface area contributed by atoms with Gasteiger partial charge >= 0.3 is 0 Å². The molecule has 2 rings (SSSR count). The SMILES string of the molecule is CN(C)C(=O)CC[C@@H]1CCCN(C(=O)c2sccc2N)C1. The lowest BCUT2D eigenvalue weighted by Crippen LogP contribution is -2.40. The van der Waals surface area contributed by atoms with Gasteiger partial charge in [-0.05, 0) is 36.6 Å². The van der Waals surface area contributed by atoms with Gasteiger partial charge in [0.2, 0.25) is 5.91 Å². The third-order valence-corrected chi connectivity index (χ3v) is 4.88. The molecule has 2 heterocycles. The highest BCUT2D eigenvalue weighted by Crippen LogP contribution is 2.26. The number of piperidine rings is 1. The van der Waals surface area contributed by atoms with E-state index in [0.717, 1.165) is 32.4 Å². The van der Waals surface area contributed by atoms with Gasteiger partial charge in [-0.2, -0.15) is 0 Å². The standard InChI is InChI=1S/C15H23N3O2S/c1-17(2)13(19)6-5-11-4-3-8-18(10-11)15(20)14-12(16)7-9-21-14/h7,9,11H,3-6,8,10,16H2,1-2H3/t11-/m0/s1. The number of hydrogen-bond acceptors (Lipinski definition) is 4. The van der Waals surface area contributed by atoms with Crippen molar-refractivity contribution in [2.45, 2.75) is 25.7 Å². The second-order valence-electron chi connectivity index (χ2n) is 5.79. The number of amides is 2. The van der Waals surface area contributed by atoms with E-state index in [2.05, 4.69) is 0 Å². The molecule has 116 valence electrons. The number of nitrogens with zero attached hydrogens (tertiary/aromatic N) is 2. The largest absolute Gasteiger partial charge is 0.397 e. The normalized spacial score (nSPS) is 18.6. The zero-order valence-corrected chi connectivity index (χ0v) is 13.5. The van der Waals surface area contributed by atoms with Crippen LogP contribution in [-0.2, 0) is 4.79 Å². The summed E-state index contributed by atoms with van der Waals surface area (Å²) in [6, 6.07) is 1.77. The molecule has 0 spiro atoms. The molecule has 1 aromatic rings. The van der Waals surface area contributed by atoms with E-state index in [1.807, 2.05) is 10.3 Å². The van der Waals surface area contributed by atoms with Crippen LogP contribution in [0.15, 0.2) is 11.4 Å². The van der Waals surface area contributed by atoms with Gasteiger partial charge in [0.15, 0.2) is 0 Å². The van der Waals surface area contributed by atoms with Gasteiger partial charge in [0.1, 0.15) is 4.88 Å². The molecule has 0 aromatic carbocycles. The van der Waals surface area contributed by atoms with Crippen molar-refractivity contribution in [3.8, 4) is 0 Å². The highest BCUT2D eigenvalue weighted by Gasteiger charge is 2.26. The molecule has 1 aromatic heterocycles. The number of nitrogens with two attached hydrogens (primary N) is 1. The first kappa shape index (κ1) is 15.8. The molecule has 0 bridgehead atoms. The van der Waals surface area contributed by atoms with Crippen molar-refractivity contribution in [3.05, 3.63) is 16.3 Å². The van der Waals surface area contributed by atoms with Crippen LogP contribution in [0.2, 0.25) is 0 Å². The zero-order valence-electron chi connectivity index (χ0n) is 12.7. The zero-order chi connectivity index (χ0) is 15.4. The Bertz CT molecular complexity index is 513. The Morgan fingerprint density at radius 1 is 1.48 bits per heavy atom. The van der Waals surface area contributed by atoms with E-state index in [4.69, 9.17) is 5.73 Å². The second kappa shape index (κ2) is 6.93. The fourth-order valence-corrected chi connectivity index (χ4v) is 3.46. The Labute approximate surface area is 129 Å². The molecule has 1 atom stereocenters. The lowest BCUT2D eigenvalue weighted by molar-refractivity contribution is -0.129. The molecule has 21 heavy (non-hydrogen) atoms. The minimum atomic E-state index is 0.0335. The fourth-order valence-electron chi connectivity index (χ4n) is 2.67. The average Bonchev–Trinajstić information content (AvgIpc) is 2.90. The number of thiophene rings is 1. The first-order valence-corrected chi connectivity index (χ1v) is 8.19. The van der Waals surface area contributed by atoms with Crippen molar-refractivity contribution in [2.24, 2.45) is 5.92 Å². The third kappa shape index (κ3) is 3.97. The summed E-state index contributed by atoms with van der Waals surface area (Å²) >= 11 is 1.40. The molecule has 0 unspecified atom stereocenters. The van der Waals surface area contributed by atoms with E-state index in [0.29, 0.717) is 22.9 Å². The summed E-state index contributed by atoms with van der Waals surface area (Å²) in [5.41, 5.74) is 6.39. The summed E-state index contributed by atoms with van der Waals surface area (Å²) in [5, 5.41) is 1.85. The van der Waals surface area contributed by atoms with Gasteiger partial charge in [-0.3, -0.25) is 9.59 Å². The summed E-state index contributed by atoms with van der Waals surface area (Å²) in [4.78, 5) is 28.3. The lowest BCUT2D eigenvalue weighted by atomic mass is 9.93. The third-order valence-electron chi connectivity index (χ3n) is 3.96. The van der Waals surface area contributed by atoms with Crippen LogP contribution in [0.3, 0.4) is 0 Å². The molecule has 0 aliphatic carbocycles. The lowest BCUT2D eigenvalue weighted by Gasteiger charge is -2.32. The van der Waals surface area contributed by atoms with Crippen molar-refractivity contribution in [1.82, 2.24) is 9.80 Å². The van der Waals surface area contributed by atoms with Crippen molar-refractivity contribution in [2.75, 3.05) is 32.9 Å². The number of anilines is 1. The molecular weight excluding hydrogens is 286 g/mol. The van der Waals surface area contributed by atoms with Gasteiger partial charge < -0.3 is 15.5 Å². The Morgan fingerprint density at radius 3 is 2.86 bits per heavy atom. The maximum absolute atomic E-state index is 12.5. The van der Waals surface area contributed by atoms with Crippen LogP contribution < -0.4 is 5.73 Å². The summed E-state index contributed by atoms with van der Waals surface area (Å²) in [7, 11) is 3.55. The summed E-state index contributed by atoms with van der Waals surface area (Å²) in [6.45, 7) is 1.52. The number of hydrogen-bond donors (Lipinski definition) is 1. The smallest absolute Gasteiger partial charge is 0.266 e. The van der Waals surface area contributed by atoms with E-state index in [9.17, 15) is 9.59 Å². The number of carbonyl (C=O) groups excluding carboxylic acids is 2. The quantitative estimate of drug-likeness (QED) is 0.925. The van der Waals surface area contributed by atoms with Gasteiger partial charge in [0.25, 0.3) is 5.91 Å². The van der Waals surface area contributed by atoms with Gasteiger partial charge in [0, 0.05) is 33.6 Å². The van der Waals surface area contributed by atoms with E-state index < -0.39 is 0 Å². The van der Waals surface area contributed by atoms with Crippen LogP contribution in [0, 0.1) is 5.92 Å². The van der Waals surface area contributed by atoms with E-state index in [-0.39, 0.29) is 11.8 Å². The number of likely N-dealkylation sites (tertiary alicyclic amines) is 1. The first-order chi connectivity index (χ1) is 9.99. The van der Waals surface area contributed by atoms with Crippen molar-refractivity contribution in [3.63, 3.8) is 0 Å². The Balaban J connectivity index is 1.90. The Hall–Kier alpha value is -1.56. The minimum Gasteiger partial charge on any atom is -0.397 e. The summed E-state index contributed by atoms with van der Waals surface area (Å²) < 4.78 is 0. The van der Waals surface area contributed by atoms with Crippen LogP contribution in [0.25, 0.3) is 0 Å². The van der Waals surface area contributed by atoms with Crippen LogP contribution in [-0.4, -0.2) is 48.8 Å². The highest BCUT2D eigenvalue weighted by molar-refractivity contribution is 7.12. The molecule has 1 saturated heterocycles. The predicted octanol–water partition coefficient (Wildman–Crippen LogP) is 2.05. The Morgan fingerprint density at radius 2 is 2.24 bits per heavy atom. The fraction of sp³-hybridized carbons (Fsp3) is 0.600. The van der Waals surface area contributed by atoms with Crippen LogP contribution in [0.5, 0.6) is 0 Å². The molecule has 0 radical (unpaired) electrons.